The van der Waals surface area contributed by atoms with E-state index in [9.17, 15) is 13.6 Å². The van der Waals surface area contributed by atoms with Gasteiger partial charge in [-0.1, -0.05) is 30.2 Å². The van der Waals surface area contributed by atoms with Crippen LogP contribution in [0.1, 0.15) is 30.5 Å². The molecule has 2 amide bonds. The summed E-state index contributed by atoms with van der Waals surface area (Å²) in [6.07, 6.45) is 2.79. The fourth-order valence-electron chi connectivity index (χ4n) is 2.11. The molecule has 6 heteroatoms. The van der Waals surface area contributed by atoms with Gasteiger partial charge in [-0.2, -0.15) is 4.99 Å². The summed E-state index contributed by atoms with van der Waals surface area (Å²) in [6, 6.07) is 3.99. The number of hydrogen-bond acceptors (Lipinski definition) is 2. The minimum absolute atomic E-state index is 0.0925. The fourth-order valence-corrected chi connectivity index (χ4v) is 2.11. The molecule has 0 aliphatic carbocycles. The summed E-state index contributed by atoms with van der Waals surface area (Å²) in [5.41, 5.74) is 6.26. The number of amides is 2. The SMILES string of the molecule is C#CC(C)N1C(=O)N=C(N)C1c1ccc(C(F)F)cc1. The van der Waals surface area contributed by atoms with Gasteiger partial charge in [0, 0.05) is 5.56 Å². The highest BCUT2D eigenvalue weighted by Gasteiger charge is 2.37. The Bertz CT molecular complexity index is 589. The molecule has 4 nitrogen and oxygen atoms in total. The minimum Gasteiger partial charge on any atom is -0.385 e. The highest BCUT2D eigenvalue weighted by Crippen LogP contribution is 2.30. The number of aliphatic imine (C=N–C) groups is 1. The first-order chi connectivity index (χ1) is 9.45. The molecule has 0 aromatic heterocycles. The summed E-state index contributed by atoms with van der Waals surface area (Å²) < 4.78 is 25.1. The van der Waals surface area contributed by atoms with Crippen LogP contribution in [0, 0.1) is 12.3 Å². The predicted molar refractivity (Wildman–Crippen MR) is 71.3 cm³/mol. The van der Waals surface area contributed by atoms with Crippen LogP contribution >= 0.6 is 0 Å². The number of alkyl halides is 2. The lowest BCUT2D eigenvalue weighted by molar-refractivity contribution is 0.151. The molecule has 0 fully saturated rings. The van der Waals surface area contributed by atoms with E-state index in [1.54, 1.807) is 6.92 Å². The summed E-state index contributed by atoms with van der Waals surface area (Å²) in [7, 11) is 0. The molecule has 1 aliphatic rings. The number of nitrogens with two attached hydrogens (primary N) is 1. The van der Waals surface area contributed by atoms with Crippen molar-refractivity contribution < 1.29 is 13.6 Å². The molecular weight excluding hydrogens is 264 g/mol. The number of nitrogens with zero attached hydrogens (tertiary/aromatic N) is 2. The van der Waals surface area contributed by atoms with Crippen molar-refractivity contribution in [3.05, 3.63) is 35.4 Å². The zero-order valence-electron chi connectivity index (χ0n) is 10.8. The highest BCUT2D eigenvalue weighted by molar-refractivity contribution is 6.03. The van der Waals surface area contributed by atoms with Gasteiger partial charge >= 0.3 is 6.03 Å². The van der Waals surface area contributed by atoms with Crippen molar-refractivity contribution in [3.63, 3.8) is 0 Å². The van der Waals surface area contributed by atoms with Gasteiger partial charge in [0.1, 0.15) is 11.9 Å². The second kappa shape index (κ2) is 5.29. The molecule has 0 spiro atoms. The Balaban J connectivity index is 2.36. The lowest BCUT2D eigenvalue weighted by atomic mass is 10.0. The zero-order chi connectivity index (χ0) is 14.9. The van der Waals surface area contributed by atoms with Gasteiger partial charge < -0.3 is 5.73 Å². The molecule has 2 rings (SSSR count). The van der Waals surface area contributed by atoms with E-state index in [2.05, 4.69) is 10.9 Å². The largest absolute Gasteiger partial charge is 0.385 e. The van der Waals surface area contributed by atoms with Crippen LogP contribution in [0.15, 0.2) is 29.3 Å². The maximum atomic E-state index is 12.5. The maximum absolute atomic E-state index is 12.5. The summed E-state index contributed by atoms with van der Waals surface area (Å²) in [6.45, 7) is 1.67. The van der Waals surface area contributed by atoms with E-state index in [1.807, 2.05) is 0 Å². The molecular formula is C14H13F2N3O. The van der Waals surface area contributed by atoms with Crippen LogP contribution in [0.4, 0.5) is 13.6 Å². The van der Waals surface area contributed by atoms with E-state index >= 15 is 0 Å². The number of rotatable bonds is 3. The van der Waals surface area contributed by atoms with Crippen LogP contribution in [-0.4, -0.2) is 22.8 Å². The molecule has 0 saturated heterocycles. The number of amidine groups is 1. The number of hydrogen-bond donors (Lipinski definition) is 1. The van der Waals surface area contributed by atoms with Crippen LogP contribution < -0.4 is 5.73 Å². The average molecular weight is 277 g/mol. The monoisotopic (exact) mass is 277 g/mol. The first kappa shape index (κ1) is 14.0. The van der Waals surface area contributed by atoms with Gasteiger partial charge in [0.05, 0.1) is 6.04 Å². The lowest BCUT2D eigenvalue weighted by Gasteiger charge is -2.27. The molecule has 1 aromatic rings. The predicted octanol–water partition coefficient (Wildman–Crippen LogP) is 2.48. The smallest absolute Gasteiger partial charge is 0.347 e. The third-order valence-corrected chi connectivity index (χ3v) is 3.17. The Morgan fingerprint density at radius 3 is 2.50 bits per heavy atom. The van der Waals surface area contributed by atoms with Gasteiger partial charge in [0.15, 0.2) is 0 Å². The molecule has 1 aliphatic heterocycles. The Hall–Kier alpha value is -2.42. The zero-order valence-corrected chi connectivity index (χ0v) is 10.8. The molecule has 2 atom stereocenters. The summed E-state index contributed by atoms with van der Waals surface area (Å²) in [4.78, 5) is 16.8. The minimum atomic E-state index is -2.54. The number of halogens is 2. The molecule has 1 aromatic carbocycles. The average Bonchev–Trinajstić information content (AvgIpc) is 2.72. The molecule has 0 bridgehead atoms. The number of benzene rings is 1. The van der Waals surface area contributed by atoms with Crippen molar-refractivity contribution in [2.24, 2.45) is 10.7 Å². The van der Waals surface area contributed by atoms with Crippen LogP contribution in [0.25, 0.3) is 0 Å². The van der Waals surface area contributed by atoms with E-state index in [4.69, 9.17) is 12.2 Å². The molecule has 104 valence electrons. The van der Waals surface area contributed by atoms with Crippen molar-refractivity contribution in [1.82, 2.24) is 4.90 Å². The quantitative estimate of drug-likeness (QED) is 0.863. The molecule has 20 heavy (non-hydrogen) atoms. The number of carbonyl (C=O) groups is 1. The van der Waals surface area contributed by atoms with Crippen LogP contribution in [0.5, 0.6) is 0 Å². The van der Waals surface area contributed by atoms with Gasteiger partial charge in [-0.3, -0.25) is 4.90 Å². The van der Waals surface area contributed by atoms with E-state index in [0.29, 0.717) is 5.56 Å². The van der Waals surface area contributed by atoms with Crippen molar-refractivity contribution in [2.45, 2.75) is 25.4 Å². The summed E-state index contributed by atoms with van der Waals surface area (Å²) in [5, 5.41) is 0. The van der Waals surface area contributed by atoms with Crippen LogP contribution in [0.2, 0.25) is 0 Å². The van der Waals surface area contributed by atoms with E-state index in [1.165, 1.54) is 29.2 Å². The van der Waals surface area contributed by atoms with Crippen molar-refractivity contribution in [3.8, 4) is 12.3 Å². The summed E-state index contributed by atoms with van der Waals surface area (Å²) in [5.74, 6) is 2.56. The van der Waals surface area contributed by atoms with Gasteiger partial charge in [0.2, 0.25) is 0 Å². The number of urea groups is 1. The molecule has 0 radical (unpaired) electrons. The van der Waals surface area contributed by atoms with Crippen LogP contribution in [-0.2, 0) is 0 Å². The third kappa shape index (κ3) is 2.35. The van der Waals surface area contributed by atoms with Gasteiger partial charge in [-0.15, -0.1) is 6.42 Å². The molecule has 2 N–H and O–H groups in total. The Kier molecular flexibility index (Phi) is 3.70. The first-order valence-corrected chi connectivity index (χ1v) is 5.96. The molecule has 1 heterocycles. The summed E-state index contributed by atoms with van der Waals surface area (Å²) >= 11 is 0. The lowest BCUT2D eigenvalue weighted by Crippen LogP contribution is -2.38. The van der Waals surface area contributed by atoms with Gasteiger partial charge in [0.25, 0.3) is 6.43 Å². The van der Waals surface area contributed by atoms with Crippen molar-refractivity contribution in [2.75, 3.05) is 0 Å². The second-order valence-electron chi connectivity index (χ2n) is 4.44. The van der Waals surface area contributed by atoms with E-state index in [-0.39, 0.29) is 11.4 Å². The fraction of sp³-hybridized carbons (Fsp3) is 0.286. The third-order valence-electron chi connectivity index (χ3n) is 3.17. The molecule has 2 unspecified atom stereocenters. The normalized spacial score (nSPS) is 19.9. The second-order valence-corrected chi connectivity index (χ2v) is 4.44. The Labute approximate surface area is 115 Å². The standard InChI is InChI=1S/C14H13F2N3O/c1-3-8(2)19-11(13(17)18-14(19)20)9-4-6-10(7-5-9)12(15)16/h1,4-8,11-12H,2H3,(H2,17,18,20). The van der Waals surface area contributed by atoms with Crippen molar-refractivity contribution in [1.29, 1.82) is 0 Å². The van der Waals surface area contributed by atoms with Gasteiger partial charge in [-0.05, 0) is 12.5 Å². The maximum Gasteiger partial charge on any atom is 0.347 e. The van der Waals surface area contributed by atoms with E-state index < -0.39 is 24.5 Å². The number of terminal acetylenes is 1. The molecule has 0 saturated carbocycles. The van der Waals surface area contributed by atoms with Crippen LogP contribution in [0.3, 0.4) is 0 Å². The number of carbonyl (C=O) groups excluding carboxylic acids is 1. The Morgan fingerprint density at radius 1 is 1.40 bits per heavy atom. The highest BCUT2D eigenvalue weighted by atomic mass is 19.3. The van der Waals surface area contributed by atoms with Crippen molar-refractivity contribution >= 4 is 11.9 Å². The van der Waals surface area contributed by atoms with E-state index in [0.717, 1.165) is 0 Å². The first-order valence-electron chi connectivity index (χ1n) is 5.96. The topological polar surface area (TPSA) is 58.7 Å². The Morgan fingerprint density at radius 2 is 2.00 bits per heavy atom. The van der Waals surface area contributed by atoms with Gasteiger partial charge in [-0.25, -0.2) is 13.6 Å².